The average molecular weight is 250 g/mol. The molecule has 0 unspecified atom stereocenters. The second-order valence-corrected chi connectivity index (χ2v) is 4.17. The molecule has 0 fully saturated rings. The summed E-state index contributed by atoms with van der Waals surface area (Å²) in [6.07, 6.45) is 0.341. The largest absolute Gasteiger partial charge is 0.461 e. The summed E-state index contributed by atoms with van der Waals surface area (Å²) in [6.45, 7) is 7.09. The van der Waals surface area contributed by atoms with E-state index in [0.717, 1.165) is 16.7 Å². The Kier molecular flexibility index (Phi) is 4.89. The van der Waals surface area contributed by atoms with Crippen molar-refractivity contribution in [3.63, 3.8) is 0 Å². The topological polar surface area (TPSA) is 52.6 Å². The van der Waals surface area contributed by atoms with Crippen LogP contribution in [0.2, 0.25) is 0 Å². The predicted octanol–water partition coefficient (Wildman–Crippen LogP) is 2.68. The highest BCUT2D eigenvalue weighted by molar-refractivity contribution is 5.73. The van der Waals surface area contributed by atoms with E-state index in [0.29, 0.717) is 12.2 Å². The lowest BCUT2D eigenvalue weighted by atomic mass is 10.1. The van der Waals surface area contributed by atoms with Gasteiger partial charge in [-0.15, -0.1) is 0 Å². The minimum atomic E-state index is -0.313. The highest BCUT2D eigenvalue weighted by atomic mass is 16.5. The van der Waals surface area contributed by atoms with Crippen molar-refractivity contribution in [2.24, 2.45) is 0 Å². The lowest BCUT2D eigenvalue weighted by molar-refractivity contribution is -0.142. The van der Waals surface area contributed by atoms with Crippen LogP contribution in [0.15, 0.2) is 12.1 Å². The zero-order chi connectivity index (χ0) is 13.7. The lowest BCUT2D eigenvalue weighted by Gasteiger charge is -2.12. The zero-order valence-corrected chi connectivity index (χ0v) is 11.2. The van der Waals surface area contributed by atoms with Crippen LogP contribution in [-0.2, 0) is 20.9 Å². The maximum atomic E-state index is 11.3. The van der Waals surface area contributed by atoms with Crippen LogP contribution in [0.5, 0.6) is 5.75 Å². The van der Waals surface area contributed by atoms with E-state index in [9.17, 15) is 9.59 Å². The Hall–Kier alpha value is -1.84. The van der Waals surface area contributed by atoms with Gasteiger partial charge in [-0.3, -0.25) is 9.59 Å². The molecular formula is C14H18O4. The van der Waals surface area contributed by atoms with Crippen LogP contribution in [0.1, 0.15) is 37.0 Å². The van der Waals surface area contributed by atoms with Crippen molar-refractivity contribution >= 4 is 11.9 Å². The minimum Gasteiger partial charge on any atom is -0.461 e. The summed E-state index contributed by atoms with van der Waals surface area (Å²) in [5.74, 6) is 0.0224. The molecule has 0 aliphatic carbocycles. The first kappa shape index (κ1) is 14.2. The fourth-order valence-electron chi connectivity index (χ4n) is 1.66. The average Bonchev–Trinajstić information content (AvgIpc) is 2.30. The summed E-state index contributed by atoms with van der Waals surface area (Å²) in [6, 6.07) is 3.71. The van der Waals surface area contributed by atoms with Crippen molar-refractivity contribution in [3.8, 4) is 5.75 Å². The number of hydrogen-bond donors (Lipinski definition) is 0. The van der Waals surface area contributed by atoms with Gasteiger partial charge in [0, 0.05) is 13.3 Å². The predicted molar refractivity (Wildman–Crippen MR) is 67.3 cm³/mol. The molecule has 0 N–H and O–H groups in total. The van der Waals surface area contributed by atoms with E-state index in [-0.39, 0.29) is 18.5 Å². The van der Waals surface area contributed by atoms with Gasteiger partial charge in [-0.1, -0.05) is 6.92 Å². The molecule has 1 aromatic rings. The Balaban J connectivity index is 2.90. The fourth-order valence-corrected chi connectivity index (χ4v) is 1.66. The Morgan fingerprint density at radius 2 is 1.72 bits per heavy atom. The highest BCUT2D eigenvalue weighted by Gasteiger charge is 2.10. The molecule has 4 nitrogen and oxygen atoms in total. The van der Waals surface area contributed by atoms with Gasteiger partial charge in [-0.25, -0.2) is 0 Å². The molecule has 98 valence electrons. The van der Waals surface area contributed by atoms with E-state index in [4.69, 9.17) is 9.47 Å². The normalized spacial score (nSPS) is 10.0. The van der Waals surface area contributed by atoms with Crippen LogP contribution >= 0.6 is 0 Å². The van der Waals surface area contributed by atoms with Crippen molar-refractivity contribution in [2.75, 3.05) is 0 Å². The van der Waals surface area contributed by atoms with Gasteiger partial charge in [-0.2, -0.15) is 0 Å². The molecule has 0 aliphatic rings. The lowest BCUT2D eigenvalue weighted by Crippen LogP contribution is -2.08. The smallest absolute Gasteiger partial charge is 0.310 e. The number of rotatable bonds is 4. The molecule has 0 bridgehead atoms. The van der Waals surface area contributed by atoms with Crippen molar-refractivity contribution in [2.45, 2.75) is 40.7 Å². The Bertz CT molecular complexity index is 440. The van der Waals surface area contributed by atoms with Crippen LogP contribution in [0, 0.1) is 13.8 Å². The van der Waals surface area contributed by atoms with Gasteiger partial charge in [0.15, 0.2) is 0 Å². The standard InChI is InChI=1S/C14H18O4/c1-5-13(16)18-14-9(2)6-12(7-10(14)3)8-17-11(4)15/h6-7H,5,8H2,1-4H3. The summed E-state index contributed by atoms with van der Waals surface area (Å²) in [5, 5.41) is 0. The third-order valence-electron chi connectivity index (χ3n) is 2.47. The quantitative estimate of drug-likeness (QED) is 0.609. The molecule has 4 heteroatoms. The van der Waals surface area contributed by atoms with Crippen molar-refractivity contribution in [3.05, 3.63) is 28.8 Å². The molecule has 0 saturated carbocycles. The number of benzene rings is 1. The second kappa shape index (κ2) is 6.19. The maximum Gasteiger partial charge on any atom is 0.310 e. The zero-order valence-electron chi connectivity index (χ0n) is 11.2. The van der Waals surface area contributed by atoms with Crippen molar-refractivity contribution in [1.82, 2.24) is 0 Å². The van der Waals surface area contributed by atoms with E-state index in [2.05, 4.69) is 0 Å². The molecule has 0 aliphatic heterocycles. The van der Waals surface area contributed by atoms with Gasteiger partial charge in [-0.05, 0) is 42.7 Å². The van der Waals surface area contributed by atoms with Crippen LogP contribution in [-0.4, -0.2) is 11.9 Å². The van der Waals surface area contributed by atoms with E-state index < -0.39 is 0 Å². The summed E-state index contributed by atoms with van der Waals surface area (Å²) in [4.78, 5) is 22.0. The molecule has 1 rings (SSSR count). The van der Waals surface area contributed by atoms with Gasteiger partial charge in [0.2, 0.25) is 0 Å². The monoisotopic (exact) mass is 250 g/mol. The van der Waals surface area contributed by atoms with Crippen LogP contribution in [0.25, 0.3) is 0 Å². The molecule has 0 amide bonds. The number of carbonyl (C=O) groups is 2. The van der Waals surface area contributed by atoms with Gasteiger partial charge < -0.3 is 9.47 Å². The summed E-state index contributed by atoms with van der Waals surface area (Å²) >= 11 is 0. The molecule has 0 radical (unpaired) electrons. The third-order valence-corrected chi connectivity index (χ3v) is 2.47. The number of carbonyl (C=O) groups excluding carboxylic acids is 2. The molecule has 0 spiro atoms. The van der Waals surface area contributed by atoms with Gasteiger partial charge in [0.25, 0.3) is 0 Å². The highest BCUT2D eigenvalue weighted by Crippen LogP contribution is 2.25. The minimum absolute atomic E-state index is 0.235. The molecule has 1 aromatic carbocycles. The van der Waals surface area contributed by atoms with E-state index >= 15 is 0 Å². The molecule has 0 atom stereocenters. The van der Waals surface area contributed by atoms with E-state index in [1.165, 1.54) is 6.92 Å². The first-order valence-corrected chi connectivity index (χ1v) is 5.88. The number of aryl methyl sites for hydroxylation is 2. The van der Waals surface area contributed by atoms with Crippen LogP contribution in [0.3, 0.4) is 0 Å². The van der Waals surface area contributed by atoms with Crippen LogP contribution in [0.4, 0.5) is 0 Å². The number of hydrogen-bond acceptors (Lipinski definition) is 4. The van der Waals surface area contributed by atoms with Crippen molar-refractivity contribution in [1.29, 1.82) is 0 Å². The first-order valence-electron chi connectivity index (χ1n) is 5.88. The van der Waals surface area contributed by atoms with Crippen LogP contribution < -0.4 is 4.74 Å². The van der Waals surface area contributed by atoms with Crippen molar-refractivity contribution < 1.29 is 19.1 Å². The van der Waals surface area contributed by atoms with E-state index in [1.54, 1.807) is 6.92 Å². The summed E-state index contributed by atoms with van der Waals surface area (Å²) in [7, 11) is 0. The molecular weight excluding hydrogens is 232 g/mol. The summed E-state index contributed by atoms with van der Waals surface area (Å²) in [5.41, 5.74) is 2.61. The maximum absolute atomic E-state index is 11.3. The molecule has 0 aromatic heterocycles. The third kappa shape index (κ3) is 3.87. The molecule has 0 saturated heterocycles. The SMILES string of the molecule is CCC(=O)Oc1c(C)cc(COC(C)=O)cc1C. The number of ether oxygens (including phenoxy) is 2. The Labute approximate surface area is 107 Å². The number of esters is 2. The summed E-state index contributed by atoms with van der Waals surface area (Å²) < 4.78 is 10.2. The molecule has 18 heavy (non-hydrogen) atoms. The van der Waals surface area contributed by atoms with Gasteiger partial charge >= 0.3 is 11.9 Å². The second-order valence-electron chi connectivity index (χ2n) is 4.17. The first-order chi connectivity index (χ1) is 8.43. The van der Waals surface area contributed by atoms with E-state index in [1.807, 2.05) is 26.0 Å². The molecule has 0 heterocycles. The van der Waals surface area contributed by atoms with Gasteiger partial charge in [0.1, 0.15) is 12.4 Å². The van der Waals surface area contributed by atoms with Gasteiger partial charge in [0.05, 0.1) is 0 Å². The fraction of sp³-hybridized carbons (Fsp3) is 0.429. The Morgan fingerprint density at radius 3 is 2.17 bits per heavy atom. The Morgan fingerprint density at radius 1 is 1.17 bits per heavy atom.